The molecule has 3 heterocycles. The molecule has 0 radical (unpaired) electrons. The predicted molar refractivity (Wildman–Crippen MR) is 213 cm³/mol. The number of aromatic nitrogens is 1. The summed E-state index contributed by atoms with van der Waals surface area (Å²) in [6.45, 7) is 0. The first-order valence-electron chi connectivity index (χ1n) is 16.9. The van der Waals surface area contributed by atoms with Gasteiger partial charge in [-0.3, -0.25) is 0 Å². The van der Waals surface area contributed by atoms with Gasteiger partial charge in [-0.2, -0.15) is 0 Å². The molecule has 0 atom stereocenters. The molecule has 0 saturated carbocycles. The molecular weight excluding hydrogens is 629 g/mol. The van der Waals surface area contributed by atoms with E-state index >= 15 is 0 Å². The lowest BCUT2D eigenvalue weighted by atomic mass is 10.0. The van der Waals surface area contributed by atoms with Crippen LogP contribution in [0, 0.1) is 0 Å². The zero-order chi connectivity index (χ0) is 32.8. The van der Waals surface area contributed by atoms with E-state index in [-0.39, 0.29) is 0 Å². The van der Waals surface area contributed by atoms with E-state index in [2.05, 4.69) is 173 Å². The lowest BCUT2D eigenvalue weighted by Crippen LogP contribution is -2.10. The summed E-state index contributed by atoms with van der Waals surface area (Å²) in [5.41, 5.74) is 8.58. The molecule has 0 amide bonds. The first-order valence-corrected chi connectivity index (χ1v) is 17.7. The van der Waals surface area contributed by atoms with Crippen LogP contribution in [0.2, 0.25) is 0 Å². The number of anilines is 3. The van der Waals surface area contributed by atoms with Gasteiger partial charge < -0.3 is 13.9 Å². The highest BCUT2D eigenvalue weighted by Gasteiger charge is 2.22. The van der Waals surface area contributed by atoms with Gasteiger partial charge in [-0.15, -0.1) is 11.3 Å². The van der Waals surface area contributed by atoms with E-state index in [1.807, 2.05) is 17.4 Å². The summed E-state index contributed by atoms with van der Waals surface area (Å²) >= 11 is 1.88. The second-order valence-electron chi connectivity index (χ2n) is 12.9. The zero-order valence-corrected chi connectivity index (χ0v) is 27.7. The second-order valence-corrected chi connectivity index (χ2v) is 14.0. The van der Waals surface area contributed by atoms with Gasteiger partial charge in [0.15, 0.2) is 0 Å². The molecule has 11 rings (SSSR count). The highest BCUT2D eigenvalue weighted by molar-refractivity contribution is 7.26. The number of fused-ring (bicyclic) bond motifs is 11. The van der Waals surface area contributed by atoms with Gasteiger partial charge in [0.1, 0.15) is 11.2 Å². The molecule has 4 heteroatoms. The van der Waals surface area contributed by atoms with Crippen LogP contribution >= 0.6 is 11.3 Å². The van der Waals surface area contributed by atoms with Crippen LogP contribution in [0.5, 0.6) is 0 Å². The smallest absolute Gasteiger partial charge is 0.137 e. The Morgan fingerprint density at radius 2 is 1.16 bits per heavy atom. The van der Waals surface area contributed by atoms with Crippen LogP contribution in [0.25, 0.3) is 80.4 Å². The first kappa shape index (κ1) is 27.6. The maximum Gasteiger partial charge on any atom is 0.137 e. The van der Waals surface area contributed by atoms with Crippen molar-refractivity contribution in [1.82, 2.24) is 4.57 Å². The number of thiophene rings is 1. The van der Waals surface area contributed by atoms with Gasteiger partial charge >= 0.3 is 0 Å². The Bertz CT molecular complexity index is 3110. The number of nitrogens with zero attached hydrogens (tertiary/aromatic N) is 2. The normalized spacial score (nSPS) is 12.0. The van der Waals surface area contributed by atoms with Crippen molar-refractivity contribution in [3.8, 4) is 5.69 Å². The molecule has 0 N–H and O–H groups in total. The molecule has 8 aromatic carbocycles. The first-order chi connectivity index (χ1) is 24.8. The van der Waals surface area contributed by atoms with Crippen LogP contribution in [0.4, 0.5) is 17.1 Å². The minimum absolute atomic E-state index is 0.879. The van der Waals surface area contributed by atoms with Crippen LogP contribution in [0.3, 0.4) is 0 Å². The maximum atomic E-state index is 6.42. The zero-order valence-electron chi connectivity index (χ0n) is 26.9. The molecule has 0 spiro atoms. The minimum Gasteiger partial charge on any atom is -0.456 e. The van der Waals surface area contributed by atoms with Crippen LogP contribution in [-0.4, -0.2) is 4.57 Å². The Morgan fingerprint density at radius 3 is 2.06 bits per heavy atom. The van der Waals surface area contributed by atoms with Gasteiger partial charge in [-0.05, 0) is 83.6 Å². The van der Waals surface area contributed by atoms with Gasteiger partial charge in [0.25, 0.3) is 0 Å². The van der Waals surface area contributed by atoms with Crippen LogP contribution in [0.15, 0.2) is 174 Å². The van der Waals surface area contributed by atoms with Gasteiger partial charge in [0.05, 0.1) is 22.1 Å². The molecule has 0 fully saturated rings. The van der Waals surface area contributed by atoms with Gasteiger partial charge in [0, 0.05) is 53.4 Å². The van der Waals surface area contributed by atoms with E-state index in [9.17, 15) is 0 Å². The molecule has 0 saturated heterocycles. The minimum atomic E-state index is 0.879. The van der Waals surface area contributed by atoms with E-state index in [4.69, 9.17) is 4.42 Å². The Morgan fingerprint density at radius 1 is 0.460 bits per heavy atom. The molecule has 3 nitrogen and oxygen atoms in total. The summed E-state index contributed by atoms with van der Waals surface area (Å²) in [5.74, 6) is 0. The summed E-state index contributed by atoms with van der Waals surface area (Å²) < 4.78 is 11.4. The van der Waals surface area contributed by atoms with Crippen molar-refractivity contribution in [2.75, 3.05) is 4.90 Å². The van der Waals surface area contributed by atoms with Gasteiger partial charge in [-0.25, -0.2) is 0 Å². The molecule has 11 aromatic rings. The summed E-state index contributed by atoms with van der Waals surface area (Å²) in [7, 11) is 0. The number of para-hydroxylation sites is 3. The third-order valence-corrected chi connectivity index (χ3v) is 11.4. The fourth-order valence-corrected chi connectivity index (χ4v) is 9.17. The van der Waals surface area contributed by atoms with Crippen molar-refractivity contribution < 1.29 is 4.42 Å². The molecule has 0 aliphatic rings. The predicted octanol–water partition coefficient (Wildman–Crippen LogP) is 13.7. The third kappa shape index (κ3) is 3.97. The summed E-state index contributed by atoms with van der Waals surface area (Å²) in [6, 6.07) is 61.2. The average molecular weight is 657 g/mol. The average Bonchev–Trinajstić information content (AvgIpc) is 3.85. The van der Waals surface area contributed by atoms with E-state index < -0.39 is 0 Å². The Kier molecular flexibility index (Phi) is 5.83. The standard InChI is InChI=1S/C46H28N2OS/c1-2-12-30(13-3-1)48-39-17-8-6-15-34(39)37-27-31(22-25-40(37)48)47(41-18-10-20-43-45(41)36-16-7-9-19-42(36)49-43)32-23-26-44-38(28-32)35-24-21-29-11-4-5-14-33(29)46(35)50-44/h1-28H. The summed E-state index contributed by atoms with van der Waals surface area (Å²) in [4.78, 5) is 2.42. The third-order valence-electron chi connectivity index (χ3n) is 10.2. The van der Waals surface area contributed by atoms with E-state index in [0.29, 0.717) is 0 Å². The van der Waals surface area contributed by atoms with Crippen LogP contribution in [0.1, 0.15) is 0 Å². The Hall–Kier alpha value is -6.36. The lowest BCUT2D eigenvalue weighted by Gasteiger charge is -2.26. The number of benzene rings is 8. The van der Waals surface area contributed by atoms with Crippen LogP contribution < -0.4 is 4.90 Å². The van der Waals surface area contributed by atoms with Crippen LogP contribution in [-0.2, 0) is 0 Å². The molecular formula is C46H28N2OS. The van der Waals surface area contributed by atoms with Crippen molar-refractivity contribution in [1.29, 1.82) is 0 Å². The highest BCUT2D eigenvalue weighted by atomic mass is 32.1. The van der Waals surface area contributed by atoms with Crippen molar-refractivity contribution in [3.05, 3.63) is 170 Å². The van der Waals surface area contributed by atoms with Gasteiger partial charge in [-0.1, -0.05) is 97.1 Å². The van der Waals surface area contributed by atoms with Gasteiger partial charge in [0.2, 0.25) is 0 Å². The fourth-order valence-electron chi connectivity index (χ4n) is 7.96. The molecule has 3 aromatic heterocycles. The molecule has 234 valence electrons. The van der Waals surface area contributed by atoms with Crippen molar-refractivity contribution in [3.63, 3.8) is 0 Å². The second kappa shape index (κ2) is 10.6. The Balaban J connectivity index is 1.21. The molecule has 0 aliphatic carbocycles. The summed E-state index contributed by atoms with van der Waals surface area (Å²) in [6.07, 6.45) is 0. The molecule has 0 bridgehead atoms. The quantitative estimate of drug-likeness (QED) is 0.188. The highest BCUT2D eigenvalue weighted by Crippen LogP contribution is 2.47. The van der Waals surface area contributed by atoms with Crippen molar-refractivity contribution >= 4 is 103 Å². The monoisotopic (exact) mass is 656 g/mol. The molecule has 0 unspecified atom stereocenters. The Labute approximate surface area is 291 Å². The van der Waals surface area contributed by atoms with Crippen molar-refractivity contribution in [2.24, 2.45) is 0 Å². The van der Waals surface area contributed by atoms with Crippen molar-refractivity contribution in [2.45, 2.75) is 0 Å². The van der Waals surface area contributed by atoms with E-state index in [1.165, 1.54) is 52.8 Å². The number of hydrogen-bond acceptors (Lipinski definition) is 3. The maximum absolute atomic E-state index is 6.42. The number of hydrogen-bond donors (Lipinski definition) is 0. The fraction of sp³-hybridized carbons (Fsp3) is 0. The van der Waals surface area contributed by atoms with E-state index in [1.54, 1.807) is 0 Å². The number of furan rings is 1. The molecule has 0 aliphatic heterocycles. The topological polar surface area (TPSA) is 21.3 Å². The molecule has 50 heavy (non-hydrogen) atoms. The van der Waals surface area contributed by atoms with E-state index in [0.717, 1.165) is 44.7 Å². The lowest BCUT2D eigenvalue weighted by molar-refractivity contribution is 0.669. The largest absolute Gasteiger partial charge is 0.456 e. The summed E-state index contributed by atoms with van der Waals surface area (Å²) in [5, 5.41) is 9.79. The SMILES string of the molecule is c1ccc(-n2c3ccccc3c3cc(N(c4ccc5sc6c7ccccc7ccc6c5c4)c4cccc5oc6ccccc6c45)ccc32)cc1. The number of rotatable bonds is 4.